The fraction of sp³-hybridized carbons (Fsp3) is 0.474. The molecule has 1 aromatic carbocycles. The van der Waals surface area contributed by atoms with Crippen molar-refractivity contribution in [1.82, 2.24) is 15.6 Å². The number of carbonyl (C=O) groups excluding carboxylic acids is 2. The molecule has 3 N–H and O–H groups in total. The number of benzene rings is 1. The highest BCUT2D eigenvalue weighted by Crippen LogP contribution is 2.24. The average molecular weight is 378 g/mol. The lowest BCUT2D eigenvalue weighted by molar-refractivity contribution is 0.0495. The summed E-state index contributed by atoms with van der Waals surface area (Å²) in [5, 5.41) is 7.42. The molecule has 0 unspecified atom stereocenters. The van der Waals surface area contributed by atoms with Crippen molar-refractivity contribution in [3.8, 4) is 0 Å². The van der Waals surface area contributed by atoms with Gasteiger partial charge in [0, 0.05) is 28.7 Å². The molecule has 7 heteroatoms. The molecule has 0 radical (unpaired) electrons. The zero-order valence-corrected chi connectivity index (χ0v) is 15.9. The first-order valence-electron chi connectivity index (χ1n) is 8.80. The number of hydrogen-bond donors (Lipinski definition) is 3. The van der Waals surface area contributed by atoms with Crippen LogP contribution in [0.25, 0.3) is 10.9 Å². The molecule has 1 fully saturated rings. The first-order chi connectivity index (χ1) is 12.2. The van der Waals surface area contributed by atoms with E-state index in [0.29, 0.717) is 10.6 Å². The predicted octanol–water partition coefficient (Wildman–Crippen LogP) is 4.00. The minimum atomic E-state index is -0.547. The van der Waals surface area contributed by atoms with Crippen LogP contribution in [0.15, 0.2) is 24.4 Å². The van der Waals surface area contributed by atoms with Crippen molar-refractivity contribution in [2.75, 3.05) is 0 Å². The van der Waals surface area contributed by atoms with Gasteiger partial charge in [-0.25, -0.2) is 4.79 Å². The molecule has 2 amide bonds. The minimum Gasteiger partial charge on any atom is -0.444 e. The number of alkyl carbamates (subject to hydrolysis) is 1. The number of carbonyl (C=O) groups is 2. The van der Waals surface area contributed by atoms with Crippen molar-refractivity contribution < 1.29 is 14.3 Å². The summed E-state index contributed by atoms with van der Waals surface area (Å²) < 4.78 is 5.31. The van der Waals surface area contributed by atoms with Gasteiger partial charge in [0.25, 0.3) is 5.91 Å². The summed E-state index contributed by atoms with van der Waals surface area (Å²) in [5.41, 5.74) is 0.824. The Morgan fingerprint density at radius 3 is 2.58 bits per heavy atom. The maximum absolute atomic E-state index is 12.6. The van der Waals surface area contributed by atoms with Gasteiger partial charge in [0.05, 0.1) is 11.1 Å². The van der Waals surface area contributed by atoms with Crippen LogP contribution in [0, 0.1) is 0 Å². The van der Waals surface area contributed by atoms with Gasteiger partial charge in [-0.3, -0.25) is 4.79 Å². The lowest BCUT2D eigenvalue weighted by atomic mass is 10.1. The first-order valence-corrected chi connectivity index (χ1v) is 9.18. The standard InChI is InChI=1S/C19H24ClN3O3/c1-19(2,3)26-18(25)23-15-6-4-5-14(15)22-17(24)11-7-8-12-13(20)10-21-16(12)9-11/h7-10,14-15,21H,4-6H2,1-3H3,(H,22,24)(H,23,25)/t14-,15+/m1/s1. The van der Waals surface area contributed by atoms with Crippen LogP contribution in [0.5, 0.6) is 0 Å². The number of amides is 2. The monoisotopic (exact) mass is 377 g/mol. The Balaban J connectivity index is 1.64. The van der Waals surface area contributed by atoms with Crippen LogP contribution in [-0.2, 0) is 4.74 Å². The third-order valence-corrected chi connectivity index (χ3v) is 4.74. The second-order valence-corrected chi connectivity index (χ2v) is 8.07. The highest BCUT2D eigenvalue weighted by Gasteiger charge is 2.31. The fourth-order valence-corrected chi connectivity index (χ4v) is 3.47. The maximum atomic E-state index is 12.6. The normalized spacial score (nSPS) is 20.2. The Bertz CT molecular complexity index is 825. The van der Waals surface area contributed by atoms with Crippen molar-refractivity contribution in [3.05, 3.63) is 35.0 Å². The third-order valence-electron chi connectivity index (χ3n) is 4.43. The van der Waals surface area contributed by atoms with E-state index in [-0.39, 0.29) is 18.0 Å². The van der Waals surface area contributed by atoms with Crippen LogP contribution in [0.3, 0.4) is 0 Å². The number of H-pyrrole nitrogens is 1. The Morgan fingerprint density at radius 1 is 1.19 bits per heavy atom. The lowest BCUT2D eigenvalue weighted by Gasteiger charge is -2.25. The molecule has 0 saturated heterocycles. The van der Waals surface area contributed by atoms with Gasteiger partial charge in [-0.05, 0) is 52.2 Å². The first kappa shape index (κ1) is 18.6. The summed E-state index contributed by atoms with van der Waals surface area (Å²) in [6.45, 7) is 5.47. The molecular formula is C19H24ClN3O3. The van der Waals surface area contributed by atoms with E-state index in [0.717, 1.165) is 30.2 Å². The van der Waals surface area contributed by atoms with E-state index < -0.39 is 11.7 Å². The summed E-state index contributed by atoms with van der Waals surface area (Å²) in [6.07, 6.45) is 3.83. The van der Waals surface area contributed by atoms with Gasteiger partial charge in [-0.15, -0.1) is 0 Å². The molecule has 2 aromatic rings. The van der Waals surface area contributed by atoms with Crippen LogP contribution in [0.2, 0.25) is 5.02 Å². The summed E-state index contributed by atoms with van der Waals surface area (Å²) in [7, 11) is 0. The molecular weight excluding hydrogens is 354 g/mol. The second-order valence-electron chi connectivity index (χ2n) is 7.66. The zero-order valence-electron chi connectivity index (χ0n) is 15.2. The SMILES string of the molecule is CC(C)(C)OC(=O)N[C@H]1CCC[C@H]1NC(=O)c1ccc2c(Cl)c[nH]c2c1. The molecule has 0 aliphatic heterocycles. The van der Waals surface area contributed by atoms with Crippen LogP contribution in [0.4, 0.5) is 4.79 Å². The van der Waals surface area contributed by atoms with Crippen LogP contribution in [-0.4, -0.2) is 34.7 Å². The minimum absolute atomic E-state index is 0.113. The van der Waals surface area contributed by atoms with Gasteiger partial charge in [-0.2, -0.15) is 0 Å². The number of fused-ring (bicyclic) bond motifs is 1. The van der Waals surface area contributed by atoms with E-state index >= 15 is 0 Å². The predicted molar refractivity (Wildman–Crippen MR) is 102 cm³/mol. The largest absolute Gasteiger partial charge is 0.444 e. The van der Waals surface area contributed by atoms with E-state index in [1.54, 1.807) is 18.3 Å². The molecule has 0 bridgehead atoms. The lowest BCUT2D eigenvalue weighted by Crippen LogP contribution is -2.49. The number of rotatable bonds is 3. The summed E-state index contributed by atoms with van der Waals surface area (Å²) in [6, 6.07) is 5.12. The van der Waals surface area contributed by atoms with Crippen molar-refractivity contribution in [3.63, 3.8) is 0 Å². The summed E-state index contributed by atoms with van der Waals surface area (Å²) >= 11 is 6.07. The maximum Gasteiger partial charge on any atom is 0.407 e. The molecule has 1 aliphatic carbocycles. The van der Waals surface area contributed by atoms with E-state index in [1.807, 2.05) is 26.8 Å². The van der Waals surface area contributed by atoms with Crippen molar-refractivity contribution in [1.29, 1.82) is 0 Å². The Morgan fingerprint density at radius 2 is 1.88 bits per heavy atom. The van der Waals surface area contributed by atoms with E-state index in [9.17, 15) is 9.59 Å². The molecule has 1 aliphatic rings. The number of halogens is 1. The molecule has 0 spiro atoms. The van der Waals surface area contributed by atoms with Crippen molar-refractivity contribution in [2.24, 2.45) is 0 Å². The number of aromatic amines is 1. The molecule has 140 valence electrons. The Labute approximate surface area is 157 Å². The molecule has 26 heavy (non-hydrogen) atoms. The van der Waals surface area contributed by atoms with Gasteiger partial charge in [-0.1, -0.05) is 17.7 Å². The molecule has 1 saturated carbocycles. The fourth-order valence-electron chi connectivity index (χ4n) is 3.25. The second kappa shape index (κ2) is 7.19. The quantitative estimate of drug-likeness (QED) is 0.756. The Hall–Kier alpha value is -2.21. The van der Waals surface area contributed by atoms with E-state index in [4.69, 9.17) is 16.3 Å². The number of aromatic nitrogens is 1. The van der Waals surface area contributed by atoms with Gasteiger partial charge in [0.2, 0.25) is 0 Å². The van der Waals surface area contributed by atoms with Gasteiger partial charge in [0.1, 0.15) is 5.60 Å². The Kier molecular flexibility index (Phi) is 5.14. The number of hydrogen-bond acceptors (Lipinski definition) is 3. The zero-order chi connectivity index (χ0) is 18.9. The molecule has 3 rings (SSSR count). The average Bonchev–Trinajstić information content (AvgIpc) is 3.12. The highest BCUT2D eigenvalue weighted by molar-refractivity contribution is 6.35. The summed E-state index contributed by atoms with van der Waals surface area (Å²) in [5.74, 6) is -0.166. The van der Waals surface area contributed by atoms with E-state index in [1.165, 1.54) is 0 Å². The van der Waals surface area contributed by atoms with Crippen LogP contribution >= 0.6 is 11.6 Å². The smallest absolute Gasteiger partial charge is 0.407 e. The highest BCUT2D eigenvalue weighted by atomic mass is 35.5. The van der Waals surface area contributed by atoms with Gasteiger partial charge < -0.3 is 20.4 Å². The molecule has 2 atom stereocenters. The van der Waals surface area contributed by atoms with Gasteiger partial charge in [0.15, 0.2) is 0 Å². The summed E-state index contributed by atoms with van der Waals surface area (Å²) in [4.78, 5) is 27.7. The molecule has 6 nitrogen and oxygen atoms in total. The van der Waals surface area contributed by atoms with Crippen LogP contribution in [0.1, 0.15) is 50.4 Å². The molecule has 1 heterocycles. The van der Waals surface area contributed by atoms with Crippen molar-refractivity contribution in [2.45, 2.75) is 57.7 Å². The van der Waals surface area contributed by atoms with Gasteiger partial charge >= 0.3 is 6.09 Å². The van der Waals surface area contributed by atoms with Crippen molar-refractivity contribution >= 4 is 34.5 Å². The number of nitrogens with one attached hydrogen (secondary N) is 3. The number of ether oxygens (including phenoxy) is 1. The molecule has 1 aromatic heterocycles. The van der Waals surface area contributed by atoms with E-state index in [2.05, 4.69) is 15.6 Å². The van der Waals surface area contributed by atoms with Crippen LogP contribution < -0.4 is 10.6 Å². The topological polar surface area (TPSA) is 83.2 Å². The third kappa shape index (κ3) is 4.30.